The van der Waals surface area contributed by atoms with Gasteiger partial charge in [0, 0.05) is 32.7 Å². The Bertz CT molecular complexity index is 491. The van der Waals surface area contributed by atoms with Crippen molar-refractivity contribution < 1.29 is 4.79 Å². The summed E-state index contributed by atoms with van der Waals surface area (Å²) in [6.07, 6.45) is 5.54. The van der Waals surface area contributed by atoms with Crippen LogP contribution in [0.25, 0.3) is 0 Å². The smallest absolute Gasteiger partial charge is 0.239 e. The van der Waals surface area contributed by atoms with Crippen molar-refractivity contribution >= 4 is 5.91 Å². The van der Waals surface area contributed by atoms with Crippen molar-refractivity contribution in [2.24, 2.45) is 0 Å². The number of piperidine rings is 2. The average Bonchev–Trinajstić information content (AvgIpc) is 2.63. The molecular weight excluding hydrogens is 286 g/mol. The lowest BCUT2D eigenvalue weighted by atomic mass is 9.99. The number of amides is 1. The number of likely N-dealkylation sites (N-methyl/N-ethyl adjacent to an activating group) is 1. The third-order valence-electron chi connectivity index (χ3n) is 5.31. The van der Waals surface area contributed by atoms with E-state index in [9.17, 15) is 4.79 Å². The molecule has 2 fully saturated rings. The van der Waals surface area contributed by atoms with Gasteiger partial charge in [-0.25, -0.2) is 0 Å². The number of carbonyl (C=O) groups is 1. The highest BCUT2D eigenvalue weighted by atomic mass is 16.2. The predicted octanol–water partition coefficient (Wildman–Crippen LogP) is 2.25. The van der Waals surface area contributed by atoms with Crippen LogP contribution < -0.4 is 5.32 Å². The van der Waals surface area contributed by atoms with Gasteiger partial charge in [-0.05, 0) is 37.8 Å². The van der Waals surface area contributed by atoms with E-state index in [-0.39, 0.29) is 6.04 Å². The third kappa shape index (κ3) is 4.33. The Hall–Kier alpha value is -1.39. The summed E-state index contributed by atoms with van der Waals surface area (Å²) in [5.74, 6) is 0.297. The second-order valence-corrected chi connectivity index (χ2v) is 6.94. The Morgan fingerprint density at radius 3 is 2.57 bits per heavy atom. The zero-order chi connectivity index (χ0) is 16.1. The molecule has 1 atom stereocenters. The van der Waals surface area contributed by atoms with Gasteiger partial charge in [0.25, 0.3) is 0 Å². The van der Waals surface area contributed by atoms with Gasteiger partial charge in [-0.3, -0.25) is 9.69 Å². The van der Waals surface area contributed by atoms with Crippen molar-refractivity contribution in [2.75, 3.05) is 26.7 Å². The summed E-state index contributed by atoms with van der Waals surface area (Å²) in [4.78, 5) is 17.1. The van der Waals surface area contributed by atoms with Crippen LogP contribution in [-0.4, -0.2) is 54.5 Å². The lowest BCUT2D eigenvalue weighted by molar-refractivity contribution is -0.135. The molecule has 126 valence electrons. The molecule has 2 heterocycles. The van der Waals surface area contributed by atoms with E-state index in [2.05, 4.69) is 40.5 Å². The average molecular weight is 315 g/mol. The standard InChI is InChI=1S/C19H29N3O/c1-21(19(23)18-9-5-6-12-20-18)17-10-13-22(14-11-17)15-16-7-3-2-4-8-16/h2-4,7-8,17-18,20H,5-6,9-15H2,1H3/t18-/m1/s1. The van der Waals surface area contributed by atoms with Gasteiger partial charge in [0.2, 0.25) is 5.91 Å². The Kier molecular flexibility index (Phi) is 5.68. The number of hydrogen-bond acceptors (Lipinski definition) is 3. The van der Waals surface area contributed by atoms with Crippen LogP contribution in [0.1, 0.15) is 37.7 Å². The molecule has 4 nitrogen and oxygen atoms in total. The Morgan fingerprint density at radius 1 is 1.17 bits per heavy atom. The van der Waals surface area contributed by atoms with Crippen molar-refractivity contribution in [3.05, 3.63) is 35.9 Å². The fourth-order valence-corrected chi connectivity index (χ4v) is 3.79. The number of nitrogens with one attached hydrogen (secondary N) is 1. The van der Waals surface area contributed by atoms with Crippen LogP contribution in [-0.2, 0) is 11.3 Å². The summed E-state index contributed by atoms with van der Waals surface area (Å²) in [6, 6.07) is 11.1. The minimum atomic E-state index is 0.0519. The fraction of sp³-hybridized carbons (Fsp3) is 0.632. The van der Waals surface area contributed by atoms with E-state index < -0.39 is 0 Å². The summed E-state index contributed by atoms with van der Waals surface area (Å²) >= 11 is 0. The molecule has 2 aliphatic heterocycles. The summed E-state index contributed by atoms with van der Waals surface area (Å²) < 4.78 is 0. The normalized spacial score (nSPS) is 23.6. The van der Waals surface area contributed by atoms with Crippen molar-refractivity contribution in [1.29, 1.82) is 0 Å². The highest BCUT2D eigenvalue weighted by Gasteiger charge is 2.30. The molecule has 0 bridgehead atoms. The SMILES string of the molecule is CN(C(=O)[C@H]1CCCCN1)C1CCN(Cc2ccccc2)CC1. The quantitative estimate of drug-likeness (QED) is 0.926. The molecule has 0 saturated carbocycles. The minimum absolute atomic E-state index is 0.0519. The topological polar surface area (TPSA) is 35.6 Å². The first-order valence-corrected chi connectivity index (χ1v) is 9.00. The molecule has 0 aromatic heterocycles. The van der Waals surface area contributed by atoms with E-state index in [0.29, 0.717) is 11.9 Å². The second kappa shape index (κ2) is 7.93. The molecule has 0 spiro atoms. The highest BCUT2D eigenvalue weighted by molar-refractivity contribution is 5.82. The van der Waals surface area contributed by atoms with E-state index in [1.165, 1.54) is 18.4 Å². The minimum Gasteiger partial charge on any atom is -0.341 e. The monoisotopic (exact) mass is 315 g/mol. The summed E-state index contributed by atoms with van der Waals surface area (Å²) in [5, 5.41) is 3.38. The Labute approximate surface area is 139 Å². The number of nitrogens with zero attached hydrogens (tertiary/aromatic N) is 2. The van der Waals surface area contributed by atoms with Crippen LogP contribution >= 0.6 is 0 Å². The Morgan fingerprint density at radius 2 is 1.91 bits per heavy atom. The third-order valence-corrected chi connectivity index (χ3v) is 5.31. The summed E-state index contributed by atoms with van der Waals surface area (Å²) in [5.41, 5.74) is 1.38. The molecule has 4 heteroatoms. The molecule has 2 saturated heterocycles. The number of carbonyl (C=O) groups excluding carboxylic acids is 1. The van der Waals surface area contributed by atoms with Gasteiger partial charge < -0.3 is 10.2 Å². The lowest BCUT2D eigenvalue weighted by Crippen LogP contribution is -2.52. The highest BCUT2D eigenvalue weighted by Crippen LogP contribution is 2.19. The van der Waals surface area contributed by atoms with Crippen LogP contribution in [0.2, 0.25) is 0 Å². The van der Waals surface area contributed by atoms with E-state index in [1.807, 2.05) is 11.9 Å². The molecular formula is C19H29N3O. The van der Waals surface area contributed by atoms with Crippen LogP contribution in [0.3, 0.4) is 0 Å². The van der Waals surface area contributed by atoms with Crippen LogP contribution in [0.4, 0.5) is 0 Å². The molecule has 23 heavy (non-hydrogen) atoms. The van der Waals surface area contributed by atoms with Gasteiger partial charge in [0.05, 0.1) is 6.04 Å². The maximum Gasteiger partial charge on any atom is 0.239 e. The number of benzene rings is 1. The first-order valence-electron chi connectivity index (χ1n) is 9.00. The predicted molar refractivity (Wildman–Crippen MR) is 93.2 cm³/mol. The Balaban J connectivity index is 1.47. The molecule has 1 amide bonds. The molecule has 3 rings (SSSR count). The molecule has 0 unspecified atom stereocenters. The van der Waals surface area contributed by atoms with Crippen molar-refractivity contribution in [1.82, 2.24) is 15.1 Å². The van der Waals surface area contributed by atoms with E-state index in [0.717, 1.165) is 45.4 Å². The molecule has 1 aromatic rings. The van der Waals surface area contributed by atoms with Gasteiger partial charge in [-0.1, -0.05) is 36.8 Å². The van der Waals surface area contributed by atoms with E-state index >= 15 is 0 Å². The van der Waals surface area contributed by atoms with Crippen LogP contribution in [0, 0.1) is 0 Å². The molecule has 1 N–H and O–H groups in total. The number of rotatable bonds is 4. The molecule has 2 aliphatic rings. The van der Waals surface area contributed by atoms with E-state index in [4.69, 9.17) is 0 Å². The van der Waals surface area contributed by atoms with Gasteiger partial charge in [-0.15, -0.1) is 0 Å². The van der Waals surface area contributed by atoms with Gasteiger partial charge in [0.1, 0.15) is 0 Å². The lowest BCUT2D eigenvalue weighted by Gasteiger charge is -2.38. The summed E-state index contributed by atoms with van der Waals surface area (Å²) in [7, 11) is 2.00. The number of likely N-dealkylation sites (tertiary alicyclic amines) is 1. The zero-order valence-electron chi connectivity index (χ0n) is 14.2. The van der Waals surface area contributed by atoms with Crippen LogP contribution in [0.15, 0.2) is 30.3 Å². The maximum atomic E-state index is 12.6. The zero-order valence-corrected chi connectivity index (χ0v) is 14.2. The van der Waals surface area contributed by atoms with Crippen LogP contribution in [0.5, 0.6) is 0 Å². The summed E-state index contributed by atoms with van der Waals surface area (Å²) in [6.45, 7) is 4.17. The molecule has 0 aliphatic carbocycles. The molecule has 0 radical (unpaired) electrons. The van der Waals surface area contributed by atoms with Gasteiger partial charge >= 0.3 is 0 Å². The second-order valence-electron chi connectivity index (χ2n) is 6.94. The van der Waals surface area contributed by atoms with Gasteiger partial charge in [0.15, 0.2) is 0 Å². The van der Waals surface area contributed by atoms with Crippen molar-refractivity contribution in [3.8, 4) is 0 Å². The maximum absolute atomic E-state index is 12.6. The molecule has 1 aromatic carbocycles. The fourth-order valence-electron chi connectivity index (χ4n) is 3.79. The largest absolute Gasteiger partial charge is 0.341 e. The van der Waals surface area contributed by atoms with Crippen molar-refractivity contribution in [3.63, 3.8) is 0 Å². The first kappa shape index (κ1) is 16.5. The van der Waals surface area contributed by atoms with E-state index in [1.54, 1.807) is 0 Å². The van der Waals surface area contributed by atoms with Crippen molar-refractivity contribution in [2.45, 2.75) is 50.7 Å². The first-order chi connectivity index (χ1) is 11.2. The van der Waals surface area contributed by atoms with Gasteiger partial charge in [-0.2, -0.15) is 0 Å². The number of hydrogen-bond donors (Lipinski definition) is 1.